The van der Waals surface area contributed by atoms with Crippen molar-refractivity contribution in [2.24, 2.45) is 0 Å². The van der Waals surface area contributed by atoms with Gasteiger partial charge < -0.3 is 9.53 Å². The van der Waals surface area contributed by atoms with Gasteiger partial charge in [0.2, 0.25) is 6.86 Å². The number of hydrogen-bond donors (Lipinski definition) is 0. The maximum Gasteiger partial charge on any atom is 0.336 e. The number of aromatic nitrogens is 3. The summed E-state index contributed by atoms with van der Waals surface area (Å²) in [6, 6.07) is 0. The number of ketones is 1. The zero-order valence-electron chi connectivity index (χ0n) is 23.5. The molecular weight excluding hydrogens is 493 g/mol. The van der Waals surface area contributed by atoms with Gasteiger partial charge in [-0.25, -0.2) is 32.5 Å². The average Bonchev–Trinajstić information content (AvgIpc) is 2.88. The molecule has 0 spiro atoms. The Morgan fingerprint density at radius 3 is 1.37 bits per heavy atom. The van der Waals surface area contributed by atoms with Crippen LogP contribution in [0.3, 0.4) is 0 Å². The van der Waals surface area contributed by atoms with Gasteiger partial charge in [-0.1, -0.05) is 71.1 Å². The summed E-state index contributed by atoms with van der Waals surface area (Å²) < 4.78 is 19.9. The van der Waals surface area contributed by atoms with Crippen LogP contribution in [0.1, 0.15) is 123 Å². The normalized spacial score (nSPS) is 11.1. The van der Waals surface area contributed by atoms with E-state index in [0.29, 0.717) is 38.6 Å². The second-order valence-corrected chi connectivity index (χ2v) is 10.1. The molecule has 0 N–H and O–H groups in total. The number of rotatable bonds is 23. The van der Waals surface area contributed by atoms with E-state index in [-0.39, 0.29) is 25.3 Å². The number of alkyl halides is 1. The number of hydrogen-bond acceptors (Lipinski definition) is 6. The SMILES string of the molecule is CCCCCCCn1c(=O)n(CCCCCCCC(C)=O)c(=O)n(CCCCCCCC(=O)OCF)c1=O. The summed E-state index contributed by atoms with van der Waals surface area (Å²) in [4.78, 5) is 61.6. The Hall–Kier alpha value is -2.52. The van der Waals surface area contributed by atoms with Gasteiger partial charge >= 0.3 is 23.0 Å². The predicted molar refractivity (Wildman–Crippen MR) is 146 cm³/mol. The largest absolute Gasteiger partial charge is 0.434 e. The van der Waals surface area contributed by atoms with E-state index in [2.05, 4.69) is 11.7 Å². The highest BCUT2D eigenvalue weighted by Gasteiger charge is 2.15. The van der Waals surface area contributed by atoms with Crippen LogP contribution in [0, 0.1) is 0 Å². The van der Waals surface area contributed by atoms with Crippen LogP contribution in [0.25, 0.3) is 0 Å². The first-order valence-corrected chi connectivity index (χ1v) is 14.5. The number of halogens is 1. The number of carbonyl (C=O) groups excluding carboxylic acids is 2. The predicted octanol–water partition coefficient (Wildman–Crippen LogP) is 4.88. The van der Waals surface area contributed by atoms with E-state index < -0.39 is 29.9 Å². The highest BCUT2D eigenvalue weighted by atomic mass is 19.1. The van der Waals surface area contributed by atoms with Crippen LogP contribution in [-0.4, -0.2) is 32.3 Å². The van der Waals surface area contributed by atoms with Crippen LogP contribution < -0.4 is 17.1 Å². The molecule has 0 aromatic carbocycles. The fourth-order valence-electron chi connectivity index (χ4n) is 4.51. The van der Waals surface area contributed by atoms with Crippen molar-refractivity contribution in [1.82, 2.24) is 13.7 Å². The third-order valence-corrected chi connectivity index (χ3v) is 6.76. The maximum absolute atomic E-state index is 13.1. The van der Waals surface area contributed by atoms with Crippen molar-refractivity contribution in [3.8, 4) is 0 Å². The van der Waals surface area contributed by atoms with Crippen LogP contribution in [0.4, 0.5) is 4.39 Å². The lowest BCUT2D eigenvalue weighted by molar-refractivity contribution is -0.147. The number of ether oxygens (including phenoxy) is 1. The molecule has 10 heteroatoms. The summed E-state index contributed by atoms with van der Waals surface area (Å²) >= 11 is 0. The van der Waals surface area contributed by atoms with Gasteiger partial charge in [0.25, 0.3) is 0 Å². The van der Waals surface area contributed by atoms with Gasteiger partial charge in [-0.15, -0.1) is 0 Å². The highest BCUT2D eigenvalue weighted by Crippen LogP contribution is 2.08. The van der Waals surface area contributed by atoms with Crippen LogP contribution in [0.2, 0.25) is 0 Å². The summed E-state index contributed by atoms with van der Waals surface area (Å²) in [5.74, 6) is -0.361. The highest BCUT2D eigenvalue weighted by molar-refractivity contribution is 5.75. The summed E-state index contributed by atoms with van der Waals surface area (Å²) in [5.41, 5.74) is -1.61. The number of nitrogens with zero attached hydrogens (tertiary/aromatic N) is 3. The first-order valence-electron chi connectivity index (χ1n) is 14.5. The van der Waals surface area contributed by atoms with Gasteiger partial charge in [0.15, 0.2) is 0 Å². The lowest BCUT2D eigenvalue weighted by Crippen LogP contribution is -2.54. The Morgan fingerprint density at radius 1 is 0.605 bits per heavy atom. The molecule has 0 aliphatic heterocycles. The Kier molecular flexibility index (Phi) is 18.0. The third-order valence-electron chi connectivity index (χ3n) is 6.76. The molecule has 0 aliphatic rings. The molecule has 0 saturated heterocycles. The van der Waals surface area contributed by atoms with E-state index >= 15 is 0 Å². The smallest absolute Gasteiger partial charge is 0.336 e. The first kappa shape index (κ1) is 33.5. The Labute approximate surface area is 225 Å². The topological polar surface area (TPSA) is 109 Å². The van der Waals surface area contributed by atoms with Gasteiger partial charge in [-0.3, -0.25) is 4.79 Å². The molecule has 9 nitrogen and oxygen atoms in total. The molecule has 0 atom stereocenters. The fourth-order valence-corrected chi connectivity index (χ4v) is 4.51. The fraction of sp³-hybridized carbons (Fsp3) is 0.821. The summed E-state index contributed by atoms with van der Waals surface area (Å²) in [5, 5.41) is 0. The van der Waals surface area contributed by atoms with Crippen molar-refractivity contribution >= 4 is 11.8 Å². The summed E-state index contributed by atoms with van der Waals surface area (Å²) in [6.45, 7) is 3.43. The van der Waals surface area contributed by atoms with Crippen LogP contribution in [0.15, 0.2) is 14.4 Å². The average molecular weight is 542 g/mol. The summed E-state index contributed by atoms with van der Waals surface area (Å²) in [6.07, 6.45) is 13.4. The van der Waals surface area contributed by atoms with Crippen molar-refractivity contribution in [2.75, 3.05) is 6.86 Å². The van der Waals surface area contributed by atoms with Crippen LogP contribution in [-0.2, 0) is 34.0 Å². The molecular formula is C28H48FN3O6. The molecule has 0 amide bonds. The van der Waals surface area contributed by atoms with Crippen LogP contribution in [0.5, 0.6) is 0 Å². The van der Waals surface area contributed by atoms with Crippen molar-refractivity contribution in [1.29, 1.82) is 0 Å². The van der Waals surface area contributed by atoms with Crippen molar-refractivity contribution in [2.45, 2.75) is 143 Å². The number of carbonyl (C=O) groups is 2. The quantitative estimate of drug-likeness (QED) is 0.144. The molecule has 1 heterocycles. The number of unbranched alkanes of at least 4 members (excludes halogenated alkanes) is 12. The minimum absolute atomic E-state index is 0.175. The molecule has 1 aromatic rings. The van der Waals surface area contributed by atoms with Gasteiger partial charge in [-0.05, 0) is 39.0 Å². The van der Waals surface area contributed by atoms with E-state index in [1.165, 1.54) is 13.7 Å². The standard InChI is InChI=1S/C28H48FN3O6/c1-3-4-5-10-15-20-30-26(35)31(21-16-11-6-8-13-18-24(2)33)28(37)32(27(30)36)22-17-12-7-9-14-19-25(34)38-23-29/h3-23H2,1-2H3. The molecule has 1 aromatic heterocycles. The molecule has 0 bridgehead atoms. The maximum atomic E-state index is 13.1. The molecule has 0 aliphatic carbocycles. The summed E-state index contributed by atoms with van der Waals surface area (Å²) in [7, 11) is 0. The van der Waals surface area contributed by atoms with E-state index in [1.54, 1.807) is 6.92 Å². The second-order valence-electron chi connectivity index (χ2n) is 10.1. The van der Waals surface area contributed by atoms with Crippen molar-refractivity contribution in [3.05, 3.63) is 31.5 Å². The number of esters is 1. The Balaban J connectivity index is 2.78. The lowest BCUT2D eigenvalue weighted by Gasteiger charge is -2.14. The minimum atomic E-state index is -1.10. The zero-order valence-corrected chi connectivity index (χ0v) is 23.5. The van der Waals surface area contributed by atoms with Crippen molar-refractivity contribution in [3.63, 3.8) is 0 Å². The van der Waals surface area contributed by atoms with Crippen LogP contribution >= 0.6 is 0 Å². The monoisotopic (exact) mass is 541 g/mol. The minimum Gasteiger partial charge on any atom is -0.434 e. The molecule has 218 valence electrons. The molecule has 0 fully saturated rings. The van der Waals surface area contributed by atoms with Crippen molar-refractivity contribution < 1.29 is 18.7 Å². The third kappa shape index (κ3) is 13.3. The Morgan fingerprint density at radius 2 is 0.974 bits per heavy atom. The second kappa shape index (κ2) is 20.4. The number of Topliss-reactive ketones (excluding diaryl/α,β-unsaturated/α-hetero) is 1. The first-order chi connectivity index (χ1) is 18.3. The molecule has 1 rings (SSSR count). The lowest BCUT2D eigenvalue weighted by atomic mass is 10.1. The van der Waals surface area contributed by atoms with E-state index in [9.17, 15) is 28.4 Å². The van der Waals surface area contributed by atoms with Gasteiger partial charge in [0.1, 0.15) is 5.78 Å². The molecule has 0 unspecified atom stereocenters. The van der Waals surface area contributed by atoms with Gasteiger partial charge in [0.05, 0.1) is 0 Å². The molecule has 0 radical (unpaired) electrons. The molecule has 0 saturated carbocycles. The Bertz CT molecular complexity index is 998. The van der Waals surface area contributed by atoms with Gasteiger partial charge in [0, 0.05) is 32.5 Å². The van der Waals surface area contributed by atoms with E-state index in [0.717, 1.165) is 70.6 Å². The van der Waals surface area contributed by atoms with E-state index in [4.69, 9.17) is 0 Å². The molecule has 38 heavy (non-hydrogen) atoms. The van der Waals surface area contributed by atoms with Gasteiger partial charge in [-0.2, -0.15) is 0 Å². The zero-order chi connectivity index (χ0) is 28.2. The van der Waals surface area contributed by atoms with E-state index in [1.807, 2.05) is 0 Å².